The number of carbonyl (C=O) groups is 1. The van der Waals surface area contributed by atoms with Crippen LogP contribution in [0.15, 0.2) is 82.6 Å². The number of rotatable bonds is 6. The molecule has 0 radical (unpaired) electrons. The highest BCUT2D eigenvalue weighted by atomic mass is 35.5. The minimum atomic E-state index is -3.82. The van der Waals surface area contributed by atoms with E-state index in [1.165, 1.54) is 72.8 Å². The molecule has 0 spiro atoms. The molecule has 3 aromatic rings. The number of halogens is 1. The van der Waals surface area contributed by atoms with Crippen LogP contribution in [0.5, 0.6) is 0 Å². The van der Waals surface area contributed by atoms with Crippen molar-refractivity contribution in [3.8, 4) is 0 Å². The molecule has 3 aromatic carbocycles. The summed E-state index contributed by atoms with van der Waals surface area (Å²) in [4.78, 5) is 12.3. The number of hydrogen-bond donors (Lipinski definition) is 3. The van der Waals surface area contributed by atoms with Gasteiger partial charge in [-0.1, -0.05) is 11.6 Å². The average Bonchev–Trinajstić information content (AvgIpc) is 2.68. The van der Waals surface area contributed by atoms with Crippen molar-refractivity contribution >= 4 is 48.9 Å². The third-order valence-corrected chi connectivity index (χ3v) is 6.54. The van der Waals surface area contributed by atoms with Gasteiger partial charge in [0.1, 0.15) is 0 Å². The molecule has 0 saturated carbocycles. The highest BCUT2D eigenvalue weighted by Crippen LogP contribution is 2.19. The van der Waals surface area contributed by atoms with Crippen molar-refractivity contribution in [2.24, 2.45) is 5.14 Å². The van der Waals surface area contributed by atoms with Gasteiger partial charge in [-0.3, -0.25) is 9.52 Å². The minimum absolute atomic E-state index is 0.0525. The van der Waals surface area contributed by atoms with E-state index in [1.54, 1.807) is 0 Å². The van der Waals surface area contributed by atoms with Crippen LogP contribution in [0, 0.1) is 0 Å². The molecule has 0 heterocycles. The van der Waals surface area contributed by atoms with Crippen molar-refractivity contribution in [2.45, 2.75) is 9.79 Å². The van der Waals surface area contributed by atoms with Crippen molar-refractivity contribution in [1.29, 1.82) is 0 Å². The molecule has 8 nitrogen and oxygen atoms in total. The standard InChI is InChI=1S/C19H16ClN3O5S2/c20-14-3-9-18(10-4-14)30(27,28)23-16-5-1-13(2-6-16)19(24)22-15-7-11-17(12-8-15)29(21,25)26/h1-12,23H,(H,22,24)(H2,21,25,26). The molecule has 11 heteroatoms. The molecular formula is C19H16ClN3O5S2. The maximum atomic E-state index is 12.4. The van der Waals surface area contributed by atoms with Gasteiger partial charge in [0, 0.05) is 22.0 Å². The number of sulfonamides is 2. The van der Waals surface area contributed by atoms with Gasteiger partial charge in [0.25, 0.3) is 15.9 Å². The highest BCUT2D eigenvalue weighted by molar-refractivity contribution is 7.92. The molecule has 0 saturated heterocycles. The lowest BCUT2D eigenvalue weighted by Gasteiger charge is -2.10. The van der Waals surface area contributed by atoms with Crippen LogP contribution in [0.2, 0.25) is 5.02 Å². The molecule has 0 aliphatic carbocycles. The first-order valence-corrected chi connectivity index (χ1v) is 11.8. The van der Waals surface area contributed by atoms with Gasteiger partial charge in [-0.05, 0) is 72.8 Å². The zero-order chi connectivity index (χ0) is 21.9. The third kappa shape index (κ3) is 5.36. The van der Waals surface area contributed by atoms with Gasteiger partial charge in [0.05, 0.1) is 9.79 Å². The molecule has 30 heavy (non-hydrogen) atoms. The van der Waals surface area contributed by atoms with E-state index < -0.39 is 26.0 Å². The highest BCUT2D eigenvalue weighted by Gasteiger charge is 2.15. The molecule has 0 bridgehead atoms. The van der Waals surface area contributed by atoms with Gasteiger partial charge in [-0.15, -0.1) is 0 Å². The summed E-state index contributed by atoms with van der Waals surface area (Å²) in [6.45, 7) is 0. The Morgan fingerprint density at radius 2 is 1.23 bits per heavy atom. The van der Waals surface area contributed by atoms with Crippen LogP contribution in [-0.2, 0) is 20.0 Å². The third-order valence-electron chi connectivity index (χ3n) is 3.96. The fourth-order valence-corrected chi connectivity index (χ4v) is 4.15. The van der Waals surface area contributed by atoms with Crippen molar-refractivity contribution in [3.63, 3.8) is 0 Å². The van der Waals surface area contributed by atoms with Crippen LogP contribution < -0.4 is 15.2 Å². The van der Waals surface area contributed by atoms with E-state index in [4.69, 9.17) is 16.7 Å². The summed E-state index contributed by atoms with van der Waals surface area (Å²) in [6, 6.07) is 16.9. The van der Waals surface area contributed by atoms with Crippen LogP contribution in [0.25, 0.3) is 0 Å². The second-order valence-corrected chi connectivity index (χ2v) is 9.84. The van der Waals surface area contributed by atoms with Crippen LogP contribution in [0.1, 0.15) is 10.4 Å². The molecule has 4 N–H and O–H groups in total. The Morgan fingerprint density at radius 3 is 1.77 bits per heavy atom. The molecule has 0 atom stereocenters. The second-order valence-electron chi connectivity index (χ2n) is 6.16. The number of carbonyl (C=O) groups excluding carboxylic acids is 1. The molecule has 156 valence electrons. The van der Waals surface area contributed by atoms with Crippen molar-refractivity contribution in [3.05, 3.63) is 83.4 Å². The topological polar surface area (TPSA) is 135 Å². The predicted octanol–water partition coefficient (Wildman–Crippen LogP) is 3.04. The molecule has 1 amide bonds. The quantitative estimate of drug-likeness (QED) is 0.514. The number of anilines is 2. The molecule has 0 aliphatic rings. The van der Waals surface area contributed by atoms with Gasteiger partial charge in [-0.2, -0.15) is 0 Å². The van der Waals surface area contributed by atoms with Crippen molar-refractivity contribution in [2.75, 3.05) is 10.0 Å². The summed E-state index contributed by atoms with van der Waals surface area (Å²) in [5, 5.41) is 8.06. The number of amides is 1. The summed E-state index contributed by atoms with van der Waals surface area (Å²) in [5.74, 6) is -0.453. The van der Waals surface area contributed by atoms with Gasteiger partial charge in [-0.25, -0.2) is 22.0 Å². The maximum Gasteiger partial charge on any atom is 0.261 e. The Kier molecular flexibility index (Phi) is 6.13. The first-order valence-electron chi connectivity index (χ1n) is 8.37. The smallest absolute Gasteiger partial charge is 0.261 e. The van der Waals surface area contributed by atoms with E-state index in [2.05, 4.69) is 10.0 Å². The first-order chi connectivity index (χ1) is 14.0. The summed E-state index contributed by atoms with van der Waals surface area (Å²) >= 11 is 5.77. The number of hydrogen-bond acceptors (Lipinski definition) is 5. The van der Waals surface area contributed by atoms with E-state index in [-0.39, 0.29) is 21.0 Å². The molecule has 0 aromatic heterocycles. The number of primary sulfonamides is 1. The number of benzene rings is 3. The second kappa shape index (κ2) is 8.44. The number of nitrogens with two attached hydrogens (primary N) is 1. The maximum absolute atomic E-state index is 12.4. The van der Waals surface area contributed by atoms with Crippen molar-refractivity contribution < 1.29 is 21.6 Å². The lowest BCUT2D eigenvalue weighted by atomic mass is 10.2. The van der Waals surface area contributed by atoms with Gasteiger partial charge < -0.3 is 5.32 Å². The normalized spacial score (nSPS) is 11.7. The predicted molar refractivity (Wildman–Crippen MR) is 114 cm³/mol. The Morgan fingerprint density at radius 1 is 0.733 bits per heavy atom. The molecule has 0 aliphatic heterocycles. The van der Waals surface area contributed by atoms with Crippen LogP contribution >= 0.6 is 11.6 Å². The fraction of sp³-hybridized carbons (Fsp3) is 0. The lowest BCUT2D eigenvalue weighted by molar-refractivity contribution is 0.102. The van der Waals surface area contributed by atoms with E-state index in [9.17, 15) is 21.6 Å². The SMILES string of the molecule is NS(=O)(=O)c1ccc(NC(=O)c2ccc(NS(=O)(=O)c3ccc(Cl)cc3)cc2)cc1. The van der Waals surface area contributed by atoms with Crippen LogP contribution in [-0.4, -0.2) is 22.7 Å². The van der Waals surface area contributed by atoms with Gasteiger partial charge >= 0.3 is 0 Å². The number of nitrogens with one attached hydrogen (secondary N) is 2. The van der Waals surface area contributed by atoms with Gasteiger partial charge in [0.15, 0.2) is 0 Å². The van der Waals surface area contributed by atoms with E-state index in [1.807, 2.05) is 0 Å². The molecule has 0 unspecified atom stereocenters. The zero-order valence-electron chi connectivity index (χ0n) is 15.2. The van der Waals surface area contributed by atoms with Crippen LogP contribution in [0.3, 0.4) is 0 Å². The van der Waals surface area contributed by atoms with E-state index in [0.717, 1.165) is 0 Å². The lowest BCUT2D eigenvalue weighted by Crippen LogP contribution is -2.14. The van der Waals surface area contributed by atoms with Gasteiger partial charge in [0.2, 0.25) is 10.0 Å². The largest absolute Gasteiger partial charge is 0.322 e. The Labute approximate surface area is 178 Å². The van der Waals surface area contributed by atoms with Crippen LogP contribution in [0.4, 0.5) is 11.4 Å². The Balaban J connectivity index is 1.69. The van der Waals surface area contributed by atoms with E-state index >= 15 is 0 Å². The molecular weight excluding hydrogens is 450 g/mol. The zero-order valence-corrected chi connectivity index (χ0v) is 17.6. The molecule has 0 fully saturated rings. The average molecular weight is 466 g/mol. The summed E-state index contributed by atoms with van der Waals surface area (Å²) in [5.41, 5.74) is 0.930. The Bertz CT molecular complexity index is 1270. The summed E-state index contributed by atoms with van der Waals surface area (Å²) in [7, 11) is -7.61. The summed E-state index contributed by atoms with van der Waals surface area (Å²) in [6.07, 6.45) is 0. The fourth-order valence-electron chi connectivity index (χ4n) is 2.45. The molecule has 3 rings (SSSR count). The summed E-state index contributed by atoms with van der Waals surface area (Å²) < 4.78 is 49.7. The monoisotopic (exact) mass is 465 g/mol. The minimum Gasteiger partial charge on any atom is -0.322 e. The van der Waals surface area contributed by atoms with Crippen molar-refractivity contribution in [1.82, 2.24) is 0 Å². The Hall–Kier alpha value is -2.92. The first kappa shape index (κ1) is 21.8. The van der Waals surface area contributed by atoms with E-state index in [0.29, 0.717) is 10.7 Å².